The van der Waals surface area contributed by atoms with Gasteiger partial charge >= 0.3 is 0 Å². The van der Waals surface area contributed by atoms with Gasteiger partial charge in [-0.3, -0.25) is 4.79 Å². The van der Waals surface area contributed by atoms with E-state index in [1.165, 1.54) is 0 Å². The predicted molar refractivity (Wildman–Crippen MR) is 60.4 cm³/mol. The van der Waals surface area contributed by atoms with E-state index in [-0.39, 0.29) is 11.8 Å². The second kappa shape index (κ2) is 5.56. The van der Waals surface area contributed by atoms with Crippen molar-refractivity contribution >= 4 is 5.91 Å². The van der Waals surface area contributed by atoms with Crippen LogP contribution >= 0.6 is 0 Å². The van der Waals surface area contributed by atoms with Crippen LogP contribution in [0.5, 0.6) is 0 Å². The number of hydrogen-bond acceptors (Lipinski definition) is 2. The third kappa shape index (κ3) is 3.75. The standard InChI is InChI=1S/C11H19N3O/c1-9(6-12-2)11(15)13-7-10-4-5-14(3)8-10/h4-5,8-9,12H,6-7H2,1-3H3,(H,13,15). The van der Waals surface area contributed by atoms with E-state index in [9.17, 15) is 4.79 Å². The molecule has 4 nitrogen and oxygen atoms in total. The van der Waals surface area contributed by atoms with Crippen LogP contribution in [-0.4, -0.2) is 24.1 Å². The maximum atomic E-state index is 11.6. The molecule has 0 fully saturated rings. The molecular formula is C11H19N3O. The molecule has 0 aliphatic carbocycles. The van der Waals surface area contributed by atoms with Crippen molar-refractivity contribution in [1.82, 2.24) is 15.2 Å². The third-order valence-corrected chi connectivity index (χ3v) is 2.32. The first-order valence-electron chi connectivity index (χ1n) is 5.16. The van der Waals surface area contributed by atoms with E-state index in [1.807, 2.05) is 44.0 Å². The molecule has 1 atom stereocenters. The van der Waals surface area contributed by atoms with E-state index < -0.39 is 0 Å². The molecule has 0 aromatic carbocycles. The molecule has 2 N–H and O–H groups in total. The Balaban J connectivity index is 2.34. The molecule has 1 heterocycles. The molecule has 0 spiro atoms. The van der Waals surface area contributed by atoms with Gasteiger partial charge in [-0.05, 0) is 18.7 Å². The number of aromatic nitrogens is 1. The fourth-order valence-corrected chi connectivity index (χ4v) is 1.43. The third-order valence-electron chi connectivity index (χ3n) is 2.32. The molecular weight excluding hydrogens is 190 g/mol. The van der Waals surface area contributed by atoms with Crippen molar-refractivity contribution in [2.75, 3.05) is 13.6 Å². The van der Waals surface area contributed by atoms with Gasteiger partial charge in [0, 0.05) is 38.4 Å². The Morgan fingerprint density at radius 1 is 1.60 bits per heavy atom. The van der Waals surface area contributed by atoms with Gasteiger partial charge in [-0.1, -0.05) is 6.92 Å². The van der Waals surface area contributed by atoms with Gasteiger partial charge in [0.05, 0.1) is 0 Å². The molecule has 1 aromatic heterocycles. The van der Waals surface area contributed by atoms with E-state index >= 15 is 0 Å². The van der Waals surface area contributed by atoms with Crippen LogP contribution in [0.25, 0.3) is 0 Å². The minimum Gasteiger partial charge on any atom is -0.357 e. The quantitative estimate of drug-likeness (QED) is 0.741. The van der Waals surface area contributed by atoms with E-state index in [0.29, 0.717) is 13.1 Å². The van der Waals surface area contributed by atoms with Crippen LogP contribution in [-0.2, 0) is 18.4 Å². The smallest absolute Gasteiger partial charge is 0.224 e. The summed E-state index contributed by atoms with van der Waals surface area (Å²) in [6, 6.07) is 2.00. The Morgan fingerprint density at radius 3 is 2.87 bits per heavy atom. The lowest BCUT2D eigenvalue weighted by molar-refractivity contribution is -0.124. The molecule has 0 aliphatic heterocycles. The van der Waals surface area contributed by atoms with Crippen LogP contribution in [0.3, 0.4) is 0 Å². The molecule has 84 valence electrons. The molecule has 0 saturated carbocycles. The van der Waals surface area contributed by atoms with Gasteiger partial charge in [-0.2, -0.15) is 0 Å². The summed E-state index contributed by atoms with van der Waals surface area (Å²) in [4.78, 5) is 11.6. The Bertz CT molecular complexity index is 319. The summed E-state index contributed by atoms with van der Waals surface area (Å²) in [6.07, 6.45) is 3.97. The van der Waals surface area contributed by atoms with Crippen molar-refractivity contribution in [2.45, 2.75) is 13.5 Å². The van der Waals surface area contributed by atoms with E-state index in [4.69, 9.17) is 0 Å². The average Bonchev–Trinajstić information content (AvgIpc) is 2.61. The second-order valence-electron chi connectivity index (χ2n) is 3.86. The second-order valence-corrected chi connectivity index (χ2v) is 3.86. The lowest BCUT2D eigenvalue weighted by Gasteiger charge is -2.10. The van der Waals surface area contributed by atoms with Crippen molar-refractivity contribution in [3.8, 4) is 0 Å². The molecule has 1 amide bonds. The summed E-state index contributed by atoms with van der Waals surface area (Å²) >= 11 is 0. The molecule has 0 saturated heterocycles. The first-order valence-corrected chi connectivity index (χ1v) is 5.16. The van der Waals surface area contributed by atoms with E-state index in [1.54, 1.807) is 0 Å². The van der Waals surface area contributed by atoms with Crippen LogP contribution in [0.15, 0.2) is 18.5 Å². The normalized spacial score (nSPS) is 12.5. The van der Waals surface area contributed by atoms with Gasteiger partial charge in [-0.15, -0.1) is 0 Å². The van der Waals surface area contributed by atoms with Crippen LogP contribution in [0, 0.1) is 5.92 Å². The Morgan fingerprint density at radius 2 is 2.33 bits per heavy atom. The van der Waals surface area contributed by atoms with E-state index in [2.05, 4.69) is 10.6 Å². The molecule has 1 unspecified atom stereocenters. The average molecular weight is 209 g/mol. The van der Waals surface area contributed by atoms with Gasteiger partial charge in [0.15, 0.2) is 0 Å². The maximum absolute atomic E-state index is 11.6. The van der Waals surface area contributed by atoms with Gasteiger partial charge in [-0.25, -0.2) is 0 Å². The summed E-state index contributed by atoms with van der Waals surface area (Å²) in [7, 11) is 3.82. The number of carbonyl (C=O) groups excluding carboxylic acids is 1. The highest BCUT2D eigenvalue weighted by molar-refractivity contribution is 5.78. The monoisotopic (exact) mass is 209 g/mol. The summed E-state index contributed by atoms with van der Waals surface area (Å²) in [5, 5.41) is 5.89. The van der Waals surface area contributed by atoms with E-state index in [0.717, 1.165) is 5.56 Å². The minimum atomic E-state index is 0.0127. The largest absolute Gasteiger partial charge is 0.357 e. The number of nitrogens with zero attached hydrogens (tertiary/aromatic N) is 1. The highest BCUT2D eigenvalue weighted by Gasteiger charge is 2.10. The van der Waals surface area contributed by atoms with Crippen molar-refractivity contribution in [3.63, 3.8) is 0 Å². The predicted octanol–water partition coefficient (Wildman–Crippen LogP) is 0.497. The zero-order valence-electron chi connectivity index (χ0n) is 9.58. The van der Waals surface area contributed by atoms with Crippen molar-refractivity contribution < 1.29 is 4.79 Å². The molecule has 4 heteroatoms. The fraction of sp³-hybridized carbons (Fsp3) is 0.545. The van der Waals surface area contributed by atoms with Crippen molar-refractivity contribution in [1.29, 1.82) is 0 Å². The minimum absolute atomic E-state index is 0.0127. The molecule has 1 rings (SSSR count). The number of rotatable bonds is 5. The maximum Gasteiger partial charge on any atom is 0.224 e. The lowest BCUT2D eigenvalue weighted by atomic mass is 10.1. The highest BCUT2D eigenvalue weighted by Crippen LogP contribution is 2.00. The number of carbonyl (C=O) groups is 1. The van der Waals surface area contributed by atoms with Crippen LogP contribution in [0.2, 0.25) is 0 Å². The number of amides is 1. The summed E-state index contributed by atoms with van der Waals surface area (Å²) in [5.74, 6) is 0.104. The van der Waals surface area contributed by atoms with Crippen LogP contribution < -0.4 is 10.6 Å². The lowest BCUT2D eigenvalue weighted by Crippen LogP contribution is -2.33. The topological polar surface area (TPSA) is 46.1 Å². The number of nitrogens with one attached hydrogen (secondary N) is 2. The Hall–Kier alpha value is -1.29. The summed E-state index contributed by atoms with van der Waals surface area (Å²) < 4.78 is 1.97. The van der Waals surface area contributed by atoms with Crippen LogP contribution in [0.1, 0.15) is 12.5 Å². The summed E-state index contributed by atoms with van der Waals surface area (Å²) in [5.41, 5.74) is 1.13. The fourth-order valence-electron chi connectivity index (χ4n) is 1.43. The van der Waals surface area contributed by atoms with Gasteiger partial charge in [0.1, 0.15) is 0 Å². The Kier molecular flexibility index (Phi) is 4.37. The summed E-state index contributed by atoms with van der Waals surface area (Å²) in [6.45, 7) is 3.23. The Labute approximate surface area is 90.7 Å². The first kappa shape index (κ1) is 11.8. The SMILES string of the molecule is CNCC(C)C(=O)NCc1ccn(C)c1. The molecule has 0 aliphatic rings. The molecule has 0 radical (unpaired) electrons. The number of hydrogen-bond donors (Lipinski definition) is 2. The van der Waals surface area contributed by atoms with Crippen LogP contribution in [0.4, 0.5) is 0 Å². The van der Waals surface area contributed by atoms with Gasteiger partial charge in [0.2, 0.25) is 5.91 Å². The zero-order valence-corrected chi connectivity index (χ0v) is 9.58. The molecule has 0 bridgehead atoms. The number of aryl methyl sites for hydroxylation is 1. The van der Waals surface area contributed by atoms with Gasteiger partial charge in [0.25, 0.3) is 0 Å². The zero-order chi connectivity index (χ0) is 11.3. The first-order chi connectivity index (χ1) is 7.13. The van der Waals surface area contributed by atoms with Crippen molar-refractivity contribution in [2.24, 2.45) is 13.0 Å². The highest BCUT2D eigenvalue weighted by atomic mass is 16.1. The van der Waals surface area contributed by atoms with Gasteiger partial charge < -0.3 is 15.2 Å². The molecule has 15 heavy (non-hydrogen) atoms. The van der Waals surface area contributed by atoms with Crippen molar-refractivity contribution in [3.05, 3.63) is 24.0 Å². The molecule has 1 aromatic rings.